The molecule has 4 heteroatoms. The van der Waals surface area contributed by atoms with Crippen molar-refractivity contribution in [2.45, 2.75) is 44.6 Å². The van der Waals surface area contributed by atoms with Gasteiger partial charge in [-0.1, -0.05) is 25.8 Å². The zero-order valence-corrected chi connectivity index (χ0v) is 8.79. The van der Waals surface area contributed by atoms with E-state index in [9.17, 15) is 9.59 Å². The first-order valence-electron chi connectivity index (χ1n) is 5.30. The van der Waals surface area contributed by atoms with E-state index in [0.717, 1.165) is 25.7 Å². The van der Waals surface area contributed by atoms with Crippen molar-refractivity contribution in [2.75, 3.05) is 0 Å². The van der Waals surface area contributed by atoms with Crippen LogP contribution in [0.5, 0.6) is 0 Å². The van der Waals surface area contributed by atoms with Crippen molar-refractivity contribution in [3.63, 3.8) is 0 Å². The van der Waals surface area contributed by atoms with Crippen LogP contribution in [0.4, 0.5) is 0 Å². The molecule has 0 heterocycles. The average Bonchev–Trinajstić information content (AvgIpc) is 2.18. The van der Waals surface area contributed by atoms with Crippen molar-refractivity contribution in [1.29, 1.82) is 0 Å². The monoisotopic (exact) mass is 211 g/mol. The molecule has 0 aliphatic heterocycles. The molecule has 0 aromatic heterocycles. The maximum atomic E-state index is 11.5. The van der Waals surface area contributed by atoms with E-state index in [2.05, 4.69) is 11.9 Å². The molecule has 0 aromatic carbocycles. The minimum absolute atomic E-state index is 0.132. The highest BCUT2D eigenvalue weighted by molar-refractivity contribution is 5.96. The third-order valence-corrected chi connectivity index (χ3v) is 2.63. The third kappa shape index (κ3) is 4.14. The summed E-state index contributed by atoms with van der Waals surface area (Å²) in [5.41, 5.74) is 0.132. The molecule has 1 saturated carbocycles. The van der Waals surface area contributed by atoms with E-state index < -0.39 is 5.97 Å². The lowest BCUT2D eigenvalue weighted by molar-refractivity contribution is -0.137. The van der Waals surface area contributed by atoms with Crippen LogP contribution in [0.3, 0.4) is 0 Å². The first-order chi connectivity index (χ1) is 7.09. The third-order valence-electron chi connectivity index (χ3n) is 2.63. The summed E-state index contributed by atoms with van der Waals surface area (Å²) < 4.78 is 0. The predicted octanol–water partition coefficient (Wildman–Crippen LogP) is 1.47. The van der Waals surface area contributed by atoms with Crippen molar-refractivity contribution >= 4 is 11.9 Å². The van der Waals surface area contributed by atoms with Crippen LogP contribution >= 0.6 is 0 Å². The molecule has 0 saturated heterocycles. The average molecular weight is 211 g/mol. The lowest BCUT2D eigenvalue weighted by atomic mass is 9.95. The van der Waals surface area contributed by atoms with Crippen LogP contribution in [-0.2, 0) is 9.59 Å². The fourth-order valence-electron chi connectivity index (χ4n) is 1.80. The first-order valence-corrected chi connectivity index (χ1v) is 5.30. The van der Waals surface area contributed by atoms with Crippen LogP contribution in [-0.4, -0.2) is 23.0 Å². The standard InChI is InChI=1S/C11H17NO3/c1-8(7-10(13)14)11(15)12-9-5-3-2-4-6-9/h9H,1-7H2,(H,12,15)(H,13,14). The van der Waals surface area contributed by atoms with Crippen LogP contribution in [0.2, 0.25) is 0 Å². The summed E-state index contributed by atoms with van der Waals surface area (Å²) >= 11 is 0. The van der Waals surface area contributed by atoms with Gasteiger partial charge in [0.25, 0.3) is 0 Å². The quantitative estimate of drug-likeness (QED) is 0.692. The number of rotatable bonds is 4. The summed E-state index contributed by atoms with van der Waals surface area (Å²) in [6.07, 6.45) is 5.20. The maximum absolute atomic E-state index is 11.5. The number of nitrogens with one attached hydrogen (secondary N) is 1. The van der Waals surface area contributed by atoms with Gasteiger partial charge in [-0.2, -0.15) is 0 Å². The van der Waals surface area contributed by atoms with Crippen LogP contribution in [0, 0.1) is 0 Å². The van der Waals surface area contributed by atoms with Gasteiger partial charge in [0, 0.05) is 11.6 Å². The number of carboxylic acid groups (broad SMARTS) is 1. The first kappa shape index (κ1) is 11.8. The van der Waals surface area contributed by atoms with Gasteiger partial charge in [-0.15, -0.1) is 0 Å². The molecule has 0 spiro atoms. The molecule has 0 atom stereocenters. The van der Waals surface area contributed by atoms with Crippen LogP contribution in [0.15, 0.2) is 12.2 Å². The molecule has 1 rings (SSSR count). The Morgan fingerprint density at radius 2 is 1.87 bits per heavy atom. The Labute approximate surface area is 89.4 Å². The Morgan fingerprint density at radius 3 is 2.40 bits per heavy atom. The van der Waals surface area contributed by atoms with E-state index >= 15 is 0 Å². The summed E-state index contributed by atoms with van der Waals surface area (Å²) in [5, 5.41) is 11.3. The van der Waals surface area contributed by atoms with Crippen molar-refractivity contribution < 1.29 is 14.7 Å². The minimum Gasteiger partial charge on any atom is -0.481 e. The molecule has 1 aliphatic carbocycles. The molecule has 15 heavy (non-hydrogen) atoms. The molecule has 1 fully saturated rings. The lowest BCUT2D eigenvalue weighted by Crippen LogP contribution is -2.37. The summed E-state index contributed by atoms with van der Waals surface area (Å²) in [6.45, 7) is 3.47. The number of hydrogen-bond donors (Lipinski definition) is 2. The number of hydrogen-bond acceptors (Lipinski definition) is 2. The molecule has 1 amide bonds. The SMILES string of the molecule is C=C(CC(=O)O)C(=O)NC1CCCCC1. The fourth-order valence-corrected chi connectivity index (χ4v) is 1.80. The molecule has 4 nitrogen and oxygen atoms in total. The van der Waals surface area contributed by atoms with Gasteiger partial charge in [0.1, 0.15) is 0 Å². The molecule has 0 radical (unpaired) electrons. The van der Waals surface area contributed by atoms with E-state index in [0.29, 0.717) is 0 Å². The van der Waals surface area contributed by atoms with Gasteiger partial charge < -0.3 is 10.4 Å². The molecular weight excluding hydrogens is 194 g/mol. The Morgan fingerprint density at radius 1 is 1.27 bits per heavy atom. The summed E-state index contributed by atoms with van der Waals surface area (Å²) in [6, 6.07) is 0.205. The Bertz CT molecular complexity index is 267. The zero-order chi connectivity index (χ0) is 11.3. The van der Waals surface area contributed by atoms with E-state index in [-0.39, 0.29) is 23.9 Å². The molecular formula is C11H17NO3. The normalized spacial score (nSPS) is 17.1. The van der Waals surface area contributed by atoms with Crippen LogP contribution in [0.1, 0.15) is 38.5 Å². The molecule has 0 unspecified atom stereocenters. The maximum Gasteiger partial charge on any atom is 0.308 e. The van der Waals surface area contributed by atoms with Gasteiger partial charge in [0.2, 0.25) is 5.91 Å². The van der Waals surface area contributed by atoms with Gasteiger partial charge >= 0.3 is 5.97 Å². The second-order valence-electron chi connectivity index (χ2n) is 3.98. The zero-order valence-electron chi connectivity index (χ0n) is 8.79. The van der Waals surface area contributed by atoms with Crippen molar-refractivity contribution in [3.8, 4) is 0 Å². The highest BCUT2D eigenvalue weighted by Gasteiger charge is 2.18. The number of carbonyl (C=O) groups excluding carboxylic acids is 1. The molecule has 0 bridgehead atoms. The Balaban J connectivity index is 2.33. The number of carbonyl (C=O) groups is 2. The number of amides is 1. The summed E-state index contributed by atoms with van der Waals surface area (Å²) in [7, 11) is 0. The molecule has 2 N–H and O–H groups in total. The molecule has 0 aromatic rings. The topological polar surface area (TPSA) is 66.4 Å². The fraction of sp³-hybridized carbons (Fsp3) is 0.636. The minimum atomic E-state index is -1.02. The lowest BCUT2D eigenvalue weighted by Gasteiger charge is -2.22. The van der Waals surface area contributed by atoms with Crippen LogP contribution in [0.25, 0.3) is 0 Å². The molecule has 1 aliphatic rings. The highest BCUT2D eigenvalue weighted by Crippen LogP contribution is 2.17. The largest absolute Gasteiger partial charge is 0.481 e. The van der Waals surface area contributed by atoms with Crippen molar-refractivity contribution in [1.82, 2.24) is 5.32 Å². The predicted molar refractivity (Wildman–Crippen MR) is 56.4 cm³/mol. The smallest absolute Gasteiger partial charge is 0.308 e. The van der Waals surface area contributed by atoms with Gasteiger partial charge in [-0.05, 0) is 12.8 Å². The van der Waals surface area contributed by atoms with E-state index in [1.165, 1.54) is 6.42 Å². The summed E-state index contributed by atoms with van der Waals surface area (Å²) in [5.74, 6) is -1.33. The highest BCUT2D eigenvalue weighted by atomic mass is 16.4. The van der Waals surface area contributed by atoms with E-state index in [1.807, 2.05) is 0 Å². The number of carboxylic acids is 1. The van der Waals surface area contributed by atoms with E-state index in [4.69, 9.17) is 5.11 Å². The Kier molecular flexibility index (Phi) is 4.34. The summed E-state index contributed by atoms with van der Waals surface area (Å²) in [4.78, 5) is 21.8. The van der Waals surface area contributed by atoms with Gasteiger partial charge in [0.05, 0.1) is 6.42 Å². The second kappa shape index (κ2) is 5.53. The van der Waals surface area contributed by atoms with Crippen LogP contribution < -0.4 is 5.32 Å². The number of aliphatic carboxylic acids is 1. The van der Waals surface area contributed by atoms with Gasteiger partial charge in [-0.3, -0.25) is 9.59 Å². The van der Waals surface area contributed by atoms with Gasteiger partial charge in [0.15, 0.2) is 0 Å². The second-order valence-corrected chi connectivity index (χ2v) is 3.98. The van der Waals surface area contributed by atoms with Gasteiger partial charge in [-0.25, -0.2) is 0 Å². The van der Waals surface area contributed by atoms with Crippen molar-refractivity contribution in [3.05, 3.63) is 12.2 Å². The van der Waals surface area contributed by atoms with E-state index in [1.54, 1.807) is 0 Å². The Hall–Kier alpha value is -1.32. The van der Waals surface area contributed by atoms with Crippen molar-refractivity contribution in [2.24, 2.45) is 0 Å². The molecule has 84 valence electrons.